The molecule has 1 heterocycles. The molecular weight excluding hydrogens is 252 g/mol. The number of hydrogen-bond acceptors (Lipinski definition) is 6. The van der Waals surface area contributed by atoms with Gasteiger partial charge >= 0.3 is 0 Å². The fourth-order valence-electron chi connectivity index (χ4n) is 1.46. The van der Waals surface area contributed by atoms with Gasteiger partial charge in [0.15, 0.2) is 5.69 Å². The number of nitrogens with zero attached hydrogens (tertiary/aromatic N) is 2. The van der Waals surface area contributed by atoms with E-state index in [0.29, 0.717) is 15.7 Å². The van der Waals surface area contributed by atoms with E-state index in [2.05, 4.69) is 15.5 Å². The minimum absolute atomic E-state index is 0.165. The number of anilines is 2. The highest BCUT2D eigenvalue weighted by atomic mass is 32.1. The van der Waals surface area contributed by atoms with Crippen molar-refractivity contribution in [2.75, 3.05) is 5.32 Å². The molecule has 0 saturated carbocycles. The van der Waals surface area contributed by atoms with Crippen LogP contribution in [0, 0.1) is 11.8 Å². The zero-order chi connectivity index (χ0) is 13.1. The summed E-state index contributed by atoms with van der Waals surface area (Å²) in [6.07, 6.45) is 0. The third-order valence-electron chi connectivity index (χ3n) is 2.22. The van der Waals surface area contributed by atoms with Crippen LogP contribution in [0.5, 0.6) is 0 Å². The minimum atomic E-state index is -0.613. The van der Waals surface area contributed by atoms with E-state index in [-0.39, 0.29) is 11.4 Å². The number of nitrogens with two attached hydrogens (primary N) is 1. The lowest BCUT2D eigenvalue weighted by atomic mass is 10.2. The highest BCUT2D eigenvalue weighted by Crippen LogP contribution is 2.32. The number of amides is 1. The van der Waals surface area contributed by atoms with E-state index in [1.807, 2.05) is 0 Å². The molecule has 1 aromatic carbocycles. The highest BCUT2D eigenvalue weighted by molar-refractivity contribution is 7.16. The fraction of sp³-hybridized carbons (Fsp3) is 0.0909. The van der Waals surface area contributed by atoms with Gasteiger partial charge in [-0.15, -0.1) is 16.2 Å². The average molecular weight is 262 g/mol. The molecule has 0 fully saturated rings. The van der Waals surface area contributed by atoms with E-state index in [0.717, 1.165) is 0 Å². The van der Waals surface area contributed by atoms with Gasteiger partial charge in [-0.05, 0) is 24.2 Å². The molecule has 0 aliphatic carbocycles. The molecule has 2 rings (SSSR count). The normalized spacial score (nSPS) is 10.1. The lowest BCUT2D eigenvalue weighted by Gasteiger charge is -2.05. The van der Waals surface area contributed by atoms with Crippen molar-refractivity contribution in [2.24, 2.45) is 10.9 Å². The van der Waals surface area contributed by atoms with E-state index in [1.54, 1.807) is 31.2 Å². The Balaban J connectivity index is 2.39. The van der Waals surface area contributed by atoms with Crippen molar-refractivity contribution in [1.82, 2.24) is 4.98 Å². The number of para-hydroxylation sites is 1. The topological polar surface area (TPSA) is 97.4 Å². The van der Waals surface area contributed by atoms with Crippen LogP contribution in [0.4, 0.5) is 16.4 Å². The molecule has 92 valence electrons. The quantitative estimate of drug-likeness (QED) is 0.827. The number of carbonyl (C=O) groups excluding carboxylic acids is 1. The van der Waals surface area contributed by atoms with Crippen LogP contribution in [0.15, 0.2) is 29.4 Å². The van der Waals surface area contributed by atoms with E-state index in [4.69, 9.17) is 5.73 Å². The number of nitroso groups, excluding NO2 is 1. The molecule has 6 nitrogen and oxygen atoms in total. The first-order chi connectivity index (χ1) is 8.61. The number of aromatic nitrogens is 1. The first-order valence-corrected chi connectivity index (χ1v) is 5.90. The number of primary amides is 1. The second-order valence-electron chi connectivity index (χ2n) is 3.51. The first-order valence-electron chi connectivity index (χ1n) is 5.08. The lowest BCUT2D eigenvalue weighted by Crippen LogP contribution is -2.13. The van der Waals surface area contributed by atoms with Crippen molar-refractivity contribution in [2.45, 2.75) is 6.92 Å². The standard InChI is InChI=1S/C11H10N4O2S/c1-6-13-9(10(12)16)11(18-6)14-7-4-2-3-5-8(7)15-17/h2-5,14H,1H3,(H2,12,16). The number of hydrogen-bond donors (Lipinski definition) is 2. The SMILES string of the molecule is Cc1nc(C(N)=O)c(Nc2ccccc2N=O)s1. The lowest BCUT2D eigenvalue weighted by molar-refractivity contribution is 0.0997. The van der Waals surface area contributed by atoms with Gasteiger partial charge in [0.2, 0.25) is 0 Å². The Morgan fingerprint density at radius 2 is 2.17 bits per heavy atom. The third kappa shape index (κ3) is 2.35. The van der Waals surface area contributed by atoms with Crippen LogP contribution in [0.25, 0.3) is 0 Å². The van der Waals surface area contributed by atoms with Crippen LogP contribution < -0.4 is 11.1 Å². The van der Waals surface area contributed by atoms with E-state index in [9.17, 15) is 9.70 Å². The molecule has 1 amide bonds. The molecular formula is C11H10N4O2S. The molecule has 18 heavy (non-hydrogen) atoms. The maximum Gasteiger partial charge on any atom is 0.270 e. The van der Waals surface area contributed by atoms with E-state index in [1.165, 1.54) is 11.3 Å². The predicted molar refractivity (Wildman–Crippen MR) is 70.5 cm³/mol. The summed E-state index contributed by atoms with van der Waals surface area (Å²) in [5.74, 6) is -0.613. The van der Waals surface area contributed by atoms with Crippen LogP contribution in [0.1, 0.15) is 15.5 Å². The van der Waals surface area contributed by atoms with Gasteiger partial charge in [0, 0.05) is 0 Å². The second kappa shape index (κ2) is 4.92. The Morgan fingerprint density at radius 1 is 1.44 bits per heavy atom. The van der Waals surface area contributed by atoms with Gasteiger partial charge in [-0.2, -0.15) is 0 Å². The molecule has 0 bridgehead atoms. The maximum atomic E-state index is 11.2. The molecule has 0 radical (unpaired) electrons. The zero-order valence-electron chi connectivity index (χ0n) is 9.51. The molecule has 2 aromatic rings. The van der Waals surface area contributed by atoms with Gasteiger partial charge in [-0.3, -0.25) is 4.79 Å². The second-order valence-corrected chi connectivity index (χ2v) is 4.71. The average Bonchev–Trinajstić information content (AvgIpc) is 2.71. The summed E-state index contributed by atoms with van der Waals surface area (Å²) in [5, 5.41) is 7.08. The summed E-state index contributed by atoms with van der Waals surface area (Å²) in [5.41, 5.74) is 6.17. The molecule has 0 aliphatic rings. The predicted octanol–water partition coefficient (Wildman–Crippen LogP) is 2.69. The number of benzene rings is 1. The fourth-order valence-corrected chi connectivity index (χ4v) is 2.30. The number of aryl methyl sites for hydroxylation is 1. The Morgan fingerprint density at radius 3 is 2.83 bits per heavy atom. The zero-order valence-corrected chi connectivity index (χ0v) is 10.3. The molecule has 0 unspecified atom stereocenters. The number of carbonyl (C=O) groups is 1. The van der Waals surface area contributed by atoms with Crippen molar-refractivity contribution in [3.63, 3.8) is 0 Å². The molecule has 0 spiro atoms. The van der Waals surface area contributed by atoms with E-state index >= 15 is 0 Å². The van der Waals surface area contributed by atoms with Crippen molar-refractivity contribution in [1.29, 1.82) is 0 Å². The summed E-state index contributed by atoms with van der Waals surface area (Å²) in [6.45, 7) is 1.77. The van der Waals surface area contributed by atoms with Crippen LogP contribution in [-0.4, -0.2) is 10.9 Å². The smallest absolute Gasteiger partial charge is 0.270 e. The largest absolute Gasteiger partial charge is 0.364 e. The molecule has 1 aromatic heterocycles. The number of nitrogens with one attached hydrogen (secondary N) is 1. The van der Waals surface area contributed by atoms with Crippen LogP contribution >= 0.6 is 11.3 Å². The Labute approximate surface area is 107 Å². The first kappa shape index (κ1) is 12.2. The van der Waals surface area contributed by atoms with Crippen LogP contribution in [0.2, 0.25) is 0 Å². The van der Waals surface area contributed by atoms with Crippen molar-refractivity contribution < 1.29 is 4.79 Å². The highest BCUT2D eigenvalue weighted by Gasteiger charge is 2.15. The molecule has 0 atom stereocenters. The van der Waals surface area contributed by atoms with Gasteiger partial charge in [0.1, 0.15) is 10.7 Å². The minimum Gasteiger partial charge on any atom is -0.364 e. The van der Waals surface area contributed by atoms with Gasteiger partial charge < -0.3 is 11.1 Å². The summed E-state index contributed by atoms with van der Waals surface area (Å²) in [7, 11) is 0. The summed E-state index contributed by atoms with van der Waals surface area (Å²) in [6, 6.07) is 6.73. The molecule has 0 aliphatic heterocycles. The molecule has 7 heteroatoms. The van der Waals surface area contributed by atoms with Gasteiger partial charge in [-0.1, -0.05) is 12.1 Å². The van der Waals surface area contributed by atoms with Gasteiger partial charge in [0.25, 0.3) is 5.91 Å². The third-order valence-corrected chi connectivity index (χ3v) is 3.10. The van der Waals surface area contributed by atoms with Crippen molar-refractivity contribution in [3.05, 3.63) is 39.9 Å². The van der Waals surface area contributed by atoms with Crippen molar-refractivity contribution in [3.8, 4) is 0 Å². The summed E-state index contributed by atoms with van der Waals surface area (Å²) >= 11 is 1.29. The maximum absolute atomic E-state index is 11.2. The monoisotopic (exact) mass is 262 g/mol. The summed E-state index contributed by atoms with van der Waals surface area (Å²) in [4.78, 5) is 25.9. The van der Waals surface area contributed by atoms with Gasteiger partial charge in [0.05, 0.1) is 10.7 Å². The number of rotatable bonds is 4. The van der Waals surface area contributed by atoms with Crippen molar-refractivity contribution >= 4 is 33.6 Å². The number of thiazole rings is 1. The molecule has 3 N–H and O–H groups in total. The Bertz CT molecular complexity index is 609. The Hall–Kier alpha value is -2.28. The van der Waals surface area contributed by atoms with Crippen LogP contribution in [-0.2, 0) is 0 Å². The van der Waals surface area contributed by atoms with Crippen LogP contribution in [0.3, 0.4) is 0 Å². The van der Waals surface area contributed by atoms with E-state index < -0.39 is 5.91 Å². The Kier molecular flexibility index (Phi) is 3.33. The molecule has 0 saturated heterocycles. The summed E-state index contributed by atoms with van der Waals surface area (Å²) < 4.78 is 0. The van der Waals surface area contributed by atoms with Gasteiger partial charge in [-0.25, -0.2) is 4.98 Å².